The maximum Gasteiger partial charge on any atom is 0.411 e. The number of fused-ring (bicyclic) bond motifs is 1. The lowest BCUT2D eigenvalue weighted by molar-refractivity contribution is -0.119. The molecule has 6 heteroatoms. The number of likely N-dealkylation sites (tertiary alicyclic amines) is 1. The van der Waals surface area contributed by atoms with Crippen LogP contribution in [0, 0.1) is 5.41 Å². The summed E-state index contributed by atoms with van der Waals surface area (Å²) < 4.78 is 5.09. The summed E-state index contributed by atoms with van der Waals surface area (Å²) >= 11 is 0. The van der Waals surface area contributed by atoms with Gasteiger partial charge in [-0.15, -0.1) is 0 Å². The monoisotopic (exact) mass is 421 g/mol. The minimum absolute atomic E-state index is 0.0462. The zero-order chi connectivity index (χ0) is 21.7. The van der Waals surface area contributed by atoms with Crippen LogP contribution in [-0.2, 0) is 29.1 Å². The van der Waals surface area contributed by atoms with Crippen LogP contribution < -0.4 is 10.6 Å². The van der Waals surface area contributed by atoms with E-state index < -0.39 is 0 Å². The molecule has 0 unspecified atom stereocenters. The maximum atomic E-state index is 11.6. The first-order valence-electron chi connectivity index (χ1n) is 11.1. The van der Waals surface area contributed by atoms with Crippen molar-refractivity contribution in [3.8, 4) is 0 Å². The number of carbonyl (C=O) groups excluding carboxylic acids is 2. The molecule has 2 aromatic carbocycles. The Morgan fingerprint density at radius 2 is 1.90 bits per heavy atom. The number of carbonyl (C=O) groups is 2. The molecule has 2 aliphatic rings. The van der Waals surface area contributed by atoms with Crippen LogP contribution in [0.15, 0.2) is 48.5 Å². The van der Waals surface area contributed by atoms with Crippen LogP contribution >= 0.6 is 0 Å². The Bertz CT molecular complexity index is 921. The number of hydrogen-bond donors (Lipinski definition) is 2. The lowest BCUT2D eigenvalue weighted by atomic mass is 9.74. The second-order valence-electron chi connectivity index (χ2n) is 8.86. The summed E-state index contributed by atoms with van der Waals surface area (Å²) in [6.07, 6.45) is 3.88. The number of cyclic esters (lactones) is 1. The van der Waals surface area contributed by atoms with Gasteiger partial charge in [-0.2, -0.15) is 0 Å². The molecule has 31 heavy (non-hydrogen) atoms. The fourth-order valence-electron chi connectivity index (χ4n) is 4.60. The van der Waals surface area contributed by atoms with E-state index in [0.29, 0.717) is 6.61 Å². The fourth-order valence-corrected chi connectivity index (χ4v) is 4.60. The Balaban J connectivity index is 1.36. The van der Waals surface area contributed by atoms with Gasteiger partial charge in [-0.05, 0) is 67.4 Å². The van der Waals surface area contributed by atoms with E-state index in [1.165, 1.54) is 11.1 Å². The number of hydrogen-bond acceptors (Lipinski definition) is 4. The Kier molecular flexibility index (Phi) is 6.56. The molecule has 0 aliphatic carbocycles. The van der Waals surface area contributed by atoms with Crippen LogP contribution in [0.4, 0.5) is 10.5 Å². The molecule has 2 aliphatic heterocycles. The lowest BCUT2D eigenvalue weighted by Crippen LogP contribution is -2.46. The topological polar surface area (TPSA) is 70.7 Å². The van der Waals surface area contributed by atoms with Gasteiger partial charge in [-0.1, -0.05) is 36.4 Å². The zero-order valence-corrected chi connectivity index (χ0v) is 18.2. The Morgan fingerprint density at radius 3 is 2.65 bits per heavy atom. The summed E-state index contributed by atoms with van der Waals surface area (Å²) in [6.45, 7) is 5.59. The third-order valence-corrected chi connectivity index (χ3v) is 6.59. The number of nitrogens with zero attached hydrogens (tertiary/aromatic N) is 1. The third-order valence-electron chi connectivity index (χ3n) is 6.59. The van der Waals surface area contributed by atoms with Crippen molar-refractivity contribution in [2.24, 2.45) is 5.41 Å². The van der Waals surface area contributed by atoms with Crippen LogP contribution in [0.2, 0.25) is 0 Å². The summed E-state index contributed by atoms with van der Waals surface area (Å²) in [7, 11) is 0. The molecule has 6 nitrogen and oxygen atoms in total. The predicted octanol–water partition coefficient (Wildman–Crippen LogP) is 4.10. The van der Waals surface area contributed by atoms with E-state index in [1.807, 2.05) is 6.07 Å². The second-order valence-corrected chi connectivity index (χ2v) is 8.86. The minimum atomic E-state index is -0.387. The van der Waals surface area contributed by atoms with E-state index in [9.17, 15) is 9.59 Å². The third kappa shape index (κ3) is 5.64. The van der Waals surface area contributed by atoms with E-state index in [2.05, 4.69) is 58.0 Å². The fraction of sp³-hybridized carbons (Fsp3) is 0.440. The molecule has 1 saturated heterocycles. The van der Waals surface area contributed by atoms with E-state index >= 15 is 0 Å². The van der Waals surface area contributed by atoms with Gasteiger partial charge in [-0.25, -0.2) is 4.79 Å². The van der Waals surface area contributed by atoms with Crippen molar-refractivity contribution in [1.82, 2.24) is 10.2 Å². The van der Waals surface area contributed by atoms with E-state index in [4.69, 9.17) is 4.74 Å². The highest BCUT2D eigenvalue weighted by molar-refractivity contribution is 5.87. The Morgan fingerprint density at radius 1 is 1.13 bits per heavy atom. The number of nitrogens with one attached hydrogen (secondary N) is 2. The van der Waals surface area contributed by atoms with Crippen molar-refractivity contribution < 1.29 is 14.3 Å². The van der Waals surface area contributed by atoms with Crippen LogP contribution in [0.25, 0.3) is 0 Å². The summed E-state index contributed by atoms with van der Waals surface area (Å²) in [5.74, 6) is 0.0462. The van der Waals surface area contributed by atoms with Gasteiger partial charge in [0.25, 0.3) is 0 Å². The van der Waals surface area contributed by atoms with Crippen LogP contribution in [0.3, 0.4) is 0 Å². The van der Waals surface area contributed by atoms with E-state index in [0.717, 1.165) is 63.1 Å². The van der Waals surface area contributed by atoms with Gasteiger partial charge < -0.3 is 10.1 Å². The van der Waals surface area contributed by atoms with Crippen molar-refractivity contribution in [2.45, 2.75) is 45.8 Å². The van der Waals surface area contributed by atoms with Gasteiger partial charge in [-0.3, -0.25) is 15.0 Å². The molecule has 0 bridgehead atoms. The molecule has 0 radical (unpaired) electrons. The molecule has 2 heterocycles. The highest BCUT2D eigenvalue weighted by Gasteiger charge is 2.34. The molecule has 2 amide bonds. The highest BCUT2D eigenvalue weighted by Crippen LogP contribution is 2.36. The molecular formula is C25H31N3O3. The van der Waals surface area contributed by atoms with Crippen LogP contribution in [0.1, 0.15) is 42.9 Å². The lowest BCUT2D eigenvalue weighted by Gasteiger charge is -2.42. The molecule has 1 fully saturated rings. The highest BCUT2D eigenvalue weighted by atomic mass is 16.5. The predicted molar refractivity (Wildman–Crippen MR) is 121 cm³/mol. The molecule has 2 N–H and O–H groups in total. The van der Waals surface area contributed by atoms with Gasteiger partial charge in [0, 0.05) is 25.6 Å². The number of rotatable bonds is 7. The summed E-state index contributed by atoms with van der Waals surface area (Å²) in [4.78, 5) is 25.4. The first kappa shape index (κ1) is 21.4. The molecular weight excluding hydrogens is 390 g/mol. The SMILES string of the molecule is CC(=O)NCC1(CCc2ccccc2)CCN(Cc2ccc3c(c2)COC(=O)N3)CC1. The smallest absolute Gasteiger partial charge is 0.411 e. The molecule has 0 aromatic heterocycles. The van der Waals surface area contributed by atoms with Gasteiger partial charge in [0.2, 0.25) is 5.91 Å². The standard InChI is InChI=1S/C25H31N3O3/c1-19(29)26-18-25(10-9-20-5-3-2-4-6-20)11-13-28(14-12-25)16-21-7-8-23-22(15-21)17-31-24(30)27-23/h2-8,15H,9-14,16-18H2,1H3,(H,26,29)(H,27,30). The van der Waals surface area contributed by atoms with Gasteiger partial charge in [0.15, 0.2) is 0 Å². The number of benzene rings is 2. The van der Waals surface area contributed by atoms with Crippen LogP contribution in [-0.4, -0.2) is 36.5 Å². The molecule has 0 spiro atoms. The first-order valence-corrected chi connectivity index (χ1v) is 11.1. The second kappa shape index (κ2) is 9.52. The largest absolute Gasteiger partial charge is 0.444 e. The average Bonchev–Trinajstić information content (AvgIpc) is 2.79. The minimum Gasteiger partial charge on any atom is -0.444 e. The number of ether oxygens (including phenoxy) is 1. The summed E-state index contributed by atoms with van der Waals surface area (Å²) in [6, 6.07) is 16.8. The average molecular weight is 422 g/mol. The molecule has 0 saturated carbocycles. The van der Waals surface area contributed by atoms with Crippen molar-refractivity contribution >= 4 is 17.7 Å². The molecule has 4 rings (SSSR count). The van der Waals surface area contributed by atoms with Crippen molar-refractivity contribution in [2.75, 3.05) is 25.0 Å². The van der Waals surface area contributed by atoms with Gasteiger partial charge in [0.1, 0.15) is 6.61 Å². The molecule has 164 valence electrons. The number of piperidine rings is 1. The Labute approximate surface area is 184 Å². The van der Waals surface area contributed by atoms with Crippen molar-refractivity contribution in [3.63, 3.8) is 0 Å². The quantitative estimate of drug-likeness (QED) is 0.706. The van der Waals surface area contributed by atoms with Crippen molar-refractivity contribution in [1.29, 1.82) is 0 Å². The molecule has 0 atom stereocenters. The zero-order valence-electron chi connectivity index (χ0n) is 18.2. The van der Waals surface area contributed by atoms with Gasteiger partial charge >= 0.3 is 6.09 Å². The first-order chi connectivity index (χ1) is 15.0. The van der Waals surface area contributed by atoms with Gasteiger partial charge in [0.05, 0.1) is 5.69 Å². The maximum absolute atomic E-state index is 11.6. The Hall–Kier alpha value is -2.86. The number of anilines is 1. The van der Waals surface area contributed by atoms with E-state index in [1.54, 1.807) is 6.92 Å². The molecule has 2 aromatic rings. The van der Waals surface area contributed by atoms with E-state index in [-0.39, 0.29) is 17.4 Å². The van der Waals surface area contributed by atoms with Crippen molar-refractivity contribution in [3.05, 3.63) is 65.2 Å². The number of amides is 2. The summed E-state index contributed by atoms with van der Waals surface area (Å²) in [5, 5.41) is 5.83. The number of aryl methyl sites for hydroxylation is 1. The normalized spacial score (nSPS) is 17.9. The van der Waals surface area contributed by atoms with Crippen LogP contribution in [0.5, 0.6) is 0 Å². The summed E-state index contributed by atoms with van der Waals surface area (Å²) in [5.41, 5.74) is 4.60.